The summed E-state index contributed by atoms with van der Waals surface area (Å²) in [5.74, 6) is -0.288. The molecule has 3 aromatic carbocycles. The van der Waals surface area contributed by atoms with Crippen molar-refractivity contribution in [1.82, 2.24) is 24.6 Å². The van der Waals surface area contributed by atoms with Crippen molar-refractivity contribution < 1.29 is 9.59 Å². The van der Waals surface area contributed by atoms with E-state index >= 15 is 0 Å². The van der Waals surface area contributed by atoms with E-state index in [-0.39, 0.29) is 18.4 Å². The number of aryl methyl sites for hydroxylation is 1. The minimum absolute atomic E-state index is 0.0481. The van der Waals surface area contributed by atoms with E-state index in [9.17, 15) is 9.59 Å². The Balaban J connectivity index is 1.34. The van der Waals surface area contributed by atoms with Gasteiger partial charge in [0.1, 0.15) is 6.04 Å². The van der Waals surface area contributed by atoms with Crippen molar-refractivity contribution in [3.63, 3.8) is 0 Å². The van der Waals surface area contributed by atoms with Gasteiger partial charge in [-0.3, -0.25) is 19.3 Å². The maximum absolute atomic E-state index is 14.4. The number of benzene rings is 3. The van der Waals surface area contributed by atoms with Crippen LogP contribution in [0.15, 0.2) is 122 Å². The van der Waals surface area contributed by atoms with Gasteiger partial charge in [0.15, 0.2) is 0 Å². The van der Waals surface area contributed by atoms with E-state index in [1.54, 1.807) is 21.9 Å². The summed E-state index contributed by atoms with van der Waals surface area (Å²) in [5, 5.41) is 4.38. The second-order valence-electron chi connectivity index (χ2n) is 11.1. The molecule has 0 aliphatic carbocycles. The van der Waals surface area contributed by atoms with Crippen LogP contribution in [0.1, 0.15) is 27.9 Å². The van der Waals surface area contributed by atoms with E-state index in [1.807, 2.05) is 109 Å². The third-order valence-corrected chi connectivity index (χ3v) is 8.06. The molecule has 2 aromatic heterocycles. The third kappa shape index (κ3) is 6.84. The van der Waals surface area contributed by atoms with Gasteiger partial charge < -0.3 is 9.80 Å². The molecule has 0 saturated heterocycles. The second kappa shape index (κ2) is 13.3. The minimum atomic E-state index is -0.695. The van der Waals surface area contributed by atoms with Crippen molar-refractivity contribution in [3.8, 4) is 11.3 Å². The fraction of sp³-hybridized carbons (Fsp3) is 0.189. The minimum Gasteiger partial charge on any atom is -0.336 e. The molecule has 1 unspecified atom stereocenters. The first-order chi connectivity index (χ1) is 21.5. The predicted molar refractivity (Wildman–Crippen MR) is 172 cm³/mol. The van der Waals surface area contributed by atoms with Crippen LogP contribution in [0.5, 0.6) is 0 Å². The number of amides is 2. The van der Waals surface area contributed by atoms with Crippen LogP contribution >= 0.6 is 0 Å². The fourth-order valence-corrected chi connectivity index (χ4v) is 5.69. The molecule has 2 amide bonds. The van der Waals surface area contributed by atoms with E-state index < -0.39 is 6.04 Å². The van der Waals surface area contributed by atoms with E-state index in [2.05, 4.69) is 22.2 Å². The molecule has 1 aliphatic rings. The Morgan fingerprint density at radius 3 is 2.34 bits per heavy atom. The number of pyridine rings is 1. The molecule has 7 nitrogen and oxygen atoms in total. The summed E-state index contributed by atoms with van der Waals surface area (Å²) < 4.78 is 1.70. The maximum Gasteiger partial charge on any atom is 0.247 e. The Kier molecular flexibility index (Phi) is 8.73. The highest BCUT2D eigenvalue weighted by Crippen LogP contribution is 2.24. The Hall–Kier alpha value is -5.30. The van der Waals surface area contributed by atoms with Crippen molar-refractivity contribution in [1.29, 1.82) is 0 Å². The largest absolute Gasteiger partial charge is 0.336 e. The Morgan fingerprint density at radius 1 is 0.864 bits per heavy atom. The molecule has 0 N–H and O–H groups in total. The van der Waals surface area contributed by atoms with Gasteiger partial charge in [-0.2, -0.15) is 5.10 Å². The Labute approximate surface area is 258 Å². The summed E-state index contributed by atoms with van der Waals surface area (Å²) in [6.45, 7) is 1.43. The van der Waals surface area contributed by atoms with Gasteiger partial charge in [0, 0.05) is 57.1 Å². The normalized spacial score (nSPS) is 13.4. The van der Waals surface area contributed by atoms with Gasteiger partial charge in [-0.25, -0.2) is 0 Å². The maximum atomic E-state index is 14.4. The van der Waals surface area contributed by atoms with Crippen molar-refractivity contribution in [2.75, 3.05) is 6.54 Å². The average Bonchev–Trinajstić information content (AvgIpc) is 3.50. The number of rotatable bonds is 9. The molecular weight excluding hydrogens is 546 g/mol. The van der Waals surface area contributed by atoms with Gasteiger partial charge in [0.05, 0.1) is 11.4 Å². The van der Waals surface area contributed by atoms with Gasteiger partial charge in [0.2, 0.25) is 11.8 Å². The van der Waals surface area contributed by atoms with Crippen LogP contribution in [-0.2, 0) is 42.6 Å². The van der Waals surface area contributed by atoms with E-state index in [0.717, 1.165) is 34.4 Å². The zero-order chi connectivity index (χ0) is 30.3. The molecular formula is C37H35N5O2. The summed E-state index contributed by atoms with van der Waals surface area (Å²) in [4.78, 5) is 36.6. The topological polar surface area (TPSA) is 71.3 Å². The van der Waals surface area contributed by atoms with Crippen molar-refractivity contribution >= 4 is 17.9 Å². The highest BCUT2D eigenvalue weighted by molar-refractivity contribution is 5.95. The van der Waals surface area contributed by atoms with E-state index in [0.29, 0.717) is 25.2 Å². The van der Waals surface area contributed by atoms with E-state index in [4.69, 9.17) is 0 Å². The fourth-order valence-electron chi connectivity index (χ4n) is 5.69. The smallest absolute Gasteiger partial charge is 0.247 e. The molecule has 0 radical (unpaired) electrons. The quantitative estimate of drug-likeness (QED) is 0.209. The van der Waals surface area contributed by atoms with E-state index in [1.165, 1.54) is 11.6 Å². The zero-order valence-electron chi connectivity index (χ0n) is 24.8. The van der Waals surface area contributed by atoms with Gasteiger partial charge in [0.25, 0.3) is 0 Å². The van der Waals surface area contributed by atoms with Gasteiger partial charge in [-0.15, -0.1) is 0 Å². The molecule has 0 fully saturated rings. The third-order valence-electron chi connectivity index (χ3n) is 8.06. The zero-order valence-corrected chi connectivity index (χ0v) is 24.8. The molecule has 0 bridgehead atoms. The lowest BCUT2D eigenvalue weighted by molar-refractivity contribution is -0.144. The first-order valence-corrected chi connectivity index (χ1v) is 14.9. The number of hydrogen-bond acceptors (Lipinski definition) is 4. The lowest BCUT2D eigenvalue weighted by Gasteiger charge is -2.37. The summed E-state index contributed by atoms with van der Waals surface area (Å²) >= 11 is 0. The first kappa shape index (κ1) is 28.8. The average molecular weight is 582 g/mol. The van der Waals surface area contributed by atoms with Crippen LogP contribution < -0.4 is 0 Å². The Morgan fingerprint density at radius 2 is 1.61 bits per heavy atom. The molecule has 0 spiro atoms. The summed E-state index contributed by atoms with van der Waals surface area (Å²) in [5.41, 5.74) is 6.91. The van der Waals surface area contributed by atoms with Crippen LogP contribution in [-0.4, -0.2) is 49.0 Å². The number of fused-ring (bicyclic) bond motifs is 1. The van der Waals surface area contributed by atoms with Crippen molar-refractivity contribution in [3.05, 3.63) is 150 Å². The van der Waals surface area contributed by atoms with Gasteiger partial charge in [-0.05, 0) is 52.9 Å². The number of carbonyl (C=O) groups excluding carboxylic acids is 2. The van der Waals surface area contributed by atoms with Gasteiger partial charge >= 0.3 is 0 Å². The lowest BCUT2D eigenvalue weighted by atomic mass is 9.97. The molecule has 6 rings (SSSR count). The van der Waals surface area contributed by atoms with Crippen molar-refractivity contribution in [2.24, 2.45) is 7.05 Å². The first-order valence-electron chi connectivity index (χ1n) is 14.9. The number of hydrogen-bond donors (Lipinski definition) is 0. The summed E-state index contributed by atoms with van der Waals surface area (Å²) in [6, 6.07) is 33.2. The molecule has 0 saturated carbocycles. The lowest BCUT2D eigenvalue weighted by Crippen LogP contribution is -2.52. The van der Waals surface area contributed by atoms with Crippen LogP contribution in [0.2, 0.25) is 0 Å². The van der Waals surface area contributed by atoms with Crippen LogP contribution in [0, 0.1) is 0 Å². The summed E-state index contributed by atoms with van der Waals surface area (Å²) in [7, 11) is 1.84. The molecule has 220 valence electrons. The highest BCUT2D eigenvalue weighted by atomic mass is 16.2. The molecule has 44 heavy (non-hydrogen) atoms. The van der Waals surface area contributed by atoms with Crippen LogP contribution in [0.3, 0.4) is 0 Å². The Bertz CT molecular complexity index is 1750. The molecule has 7 heteroatoms. The number of carbonyl (C=O) groups is 2. The highest BCUT2D eigenvalue weighted by Gasteiger charge is 2.34. The predicted octanol–water partition coefficient (Wildman–Crippen LogP) is 5.72. The molecule has 1 aliphatic heterocycles. The molecule has 3 heterocycles. The summed E-state index contributed by atoms with van der Waals surface area (Å²) in [6.07, 6.45) is 8.05. The molecule has 5 aromatic rings. The van der Waals surface area contributed by atoms with Gasteiger partial charge in [-0.1, -0.05) is 84.9 Å². The van der Waals surface area contributed by atoms with Crippen LogP contribution in [0.4, 0.5) is 0 Å². The second-order valence-corrected chi connectivity index (χ2v) is 11.1. The van der Waals surface area contributed by atoms with Crippen LogP contribution in [0.25, 0.3) is 17.3 Å². The SMILES string of the molecule is Cn1ccc(C=CC(=O)N(Cc2ccc(-c3ccccn3)cc2)C(Cc2ccccc2)C(=O)N2CCc3ccccc3C2)n1. The van der Waals surface area contributed by atoms with Crippen molar-refractivity contribution in [2.45, 2.75) is 32.0 Å². The molecule has 1 atom stereocenters. The monoisotopic (exact) mass is 581 g/mol. The number of nitrogens with zero attached hydrogens (tertiary/aromatic N) is 5. The standard InChI is InChI=1S/C37H35N5O2/c1-40-23-21-33(39-40)18-19-36(43)42(26-29-14-16-31(17-15-29)34-13-7-8-22-38-34)35(25-28-9-3-2-4-10-28)37(44)41-24-20-30-11-5-6-12-32(30)27-41/h2-19,21-23,35H,20,24-27H2,1H3. The number of aromatic nitrogens is 3.